The van der Waals surface area contributed by atoms with Gasteiger partial charge in [-0.15, -0.1) is 0 Å². The van der Waals surface area contributed by atoms with E-state index in [1.165, 1.54) is 13.2 Å². The highest BCUT2D eigenvalue weighted by molar-refractivity contribution is 6.02. The van der Waals surface area contributed by atoms with Crippen molar-refractivity contribution in [2.24, 2.45) is 5.92 Å². The van der Waals surface area contributed by atoms with Gasteiger partial charge in [0.25, 0.3) is 0 Å². The summed E-state index contributed by atoms with van der Waals surface area (Å²) in [6.07, 6.45) is 6.61. The molecule has 1 aliphatic heterocycles. The van der Waals surface area contributed by atoms with E-state index in [-0.39, 0.29) is 41.1 Å². The van der Waals surface area contributed by atoms with Gasteiger partial charge in [0.15, 0.2) is 5.78 Å². The molecule has 8 nitrogen and oxygen atoms in total. The lowest BCUT2D eigenvalue weighted by Gasteiger charge is -2.38. The second-order valence-electron chi connectivity index (χ2n) is 10.2. The molecule has 10 heteroatoms. The van der Waals surface area contributed by atoms with Gasteiger partial charge in [0.2, 0.25) is 5.91 Å². The first-order chi connectivity index (χ1) is 17.8. The van der Waals surface area contributed by atoms with E-state index < -0.39 is 18.1 Å². The maximum Gasteiger partial charge on any atom is 0.387 e. The quantitative estimate of drug-likeness (QED) is 0.439. The molecular weight excluding hydrogens is 484 g/mol. The number of aliphatic hydroxyl groups excluding tert-OH is 1. The fraction of sp³-hybridized carbons (Fsp3) is 0.444. The molecule has 3 aromatic rings. The average Bonchev–Trinajstić information content (AvgIpc) is 3.78. The normalized spacial score (nSPS) is 18.7. The first kappa shape index (κ1) is 23.8. The average molecular weight is 512 g/mol. The molecule has 0 atom stereocenters. The molecule has 3 fully saturated rings. The number of fused-ring (bicyclic) bond motifs is 1. The molecule has 0 radical (unpaired) electrons. The summed E-state index contributed by atoms with van der Waals surface area (Å²) in [6, 6.07) is 6.80. The minimum Gasteiger partial charge on any atom is -0.496 e. The third-order valence-electron chi connectivity index (χ3n) is 7.62. The second-order valence-corrected chi connectivity index (χ2v) is 10.2. The number of halogens is 2. The standard InChI is InChI=1S/C27H27F2N3O5/c1-36-21-9-16(10-22(37-26(28)29)24(21)20(34)8-15-2-3-15)19-12-30-23-11-17(4-7-32(19)23)27(5-6-27)25(35)31-13-18(33)14-31/h4,7,9-12,15,18,26,33H,2-3,5-6,8,13-14H2,1H3. The van der Waals surface area contributed by atoms with E-state index in [4.69, 9.17) is 9.47 Å². The van der Waals surface area contributed by atoms with Gasteiger partial charge >= 0.3 is 6.61 Å². The van der Waals surface area contributed by atoms with Crippen LogP contribution >= 0.6 is 0 Å². The number of ether oxygens (including phenoxy) is 2. The van der Waals surface area contributed by atoms with Crippen molar-refractivity contribution in [3.8, 4) is 22.8 Å². The molecule has 37 heavy (non-hydrogen) atoms. The molecule has 0 spiro atoms. The first-order valence-corrected chi connectivity index (χ1v) is 12.4. The summed E-state index contributed by atoms with van der Waals surface area (Å²) in [5.74, 6) is -0.0279. The first-order valence-electron chi connectivity index (χ1n) is 12.4. The molecule has 2 aliphatic carbocycles. The Morgan fingerprint density at radius 1 is 1.19 bits per heavy atom. The van der Waals surface area contributed by atoms with Crippen LogP contribution in [0.25, 0.3) is 16.9 Å². The Bertz CT molecular complexity index is 1390. The van der Waals surface area contributed by atoms with Crippen molar-refractivity contribution in [3.05, 3.63) is 47.8 Å². The van der Waals surface area contributed by atoms with Gasteiger partial charge in [-0.1, -0.05) is 0 Å². The monoisotopic (exact) mass is 511 g/mol. The number of aromatic nitrogens is 2. The lowest BCUT2D eigenvalue weighted by atomic mass is 9.93. The third kappa shape index (κ3) is 4.22. The van der Waals surface area contributed by atoms with Crippen molar-refractivity contribution in [1.29, 1.82) is 0 Å². The number of carbonyl (C=O) groups excluding carboxylic acids is 2. The molecule has 194 valence electrons. The van der Waals surface area contributed by atoms with E-state index in [1.54, 1.807) is 27.8 Å². The zero-order valence-corrected chi connectivity index (χ0v) is 20.3. The molecular formula is C27H27F2N3O5. The van der Waals surface area contributed by atoms with Gasteiger partial charge in [-0.05, 0) is 61.4 Å². The van der Waals surface area contributed by atoms with Gasteiger partial charge < -0.3 is 19.5 Å². The van der Waals surface area contributed by atoms with Crippen molar-refractivity contribution < 1.29 is 33.0 Å². The number of hydrogen-bond donors (Lipinski definition) is 1. The van der Waals surface area contributed by atoms with Crippen LogP contribution in [0.2, 0.25) is 0 Å². The predicted molar refractivity (Wildman–Crippen MR) is 129 cm³/mol. The maximum absolute atomic E-state index is 13.3. The number of methoxy groups -OCH3 is 1. The number of imidazole rings is 1. The molecule has 6 rings (SSSR count). The van der Waals surface area contributed by atoms with E-state index in [0.717, 1.165) is 31.2 Å². The van der Waals surface area contributed by atoms with Gasteiger partial charge in [-0.3, -0.25) is 14.0 Å². The van der Waals surface area contributed by atoms with E-state index in [2.05, 4.69) is 4.98 Å². The van der Waals surface area contributed by atoms with Gasteiger partial charge in [0.1, 0.15) is 22.7 Å². The Hall–Kier alpha value is -3.53. The molecule has 2 saturated carbocycles. The van der Waals surface area contributed by atoms with E-state index >= 15 is 0 Å². The molecule has 0 unspecified atom stereocenters. The van der Waals surface area contributed by atoms with Crippen LogP contribution < -0.4 is 9.47 Å². The summed E-state index contributed by atoms with van der Waals surface area (Å²) in [5.41, 5.74) is 2.01. The third-order valence-corrected chi connectivity index (χ3v) is 7.62. The number of aliphatic hydroxyl groups is 1. The van der Waals surface area contributed by atoms with E-state index in [9.17, 15) is 23.5 Å². The molecule has 2 aromatic heterocycles. The fourth-order valence-electron chi connectivity index (χ4n) is 5.22. The number of likely N-dealkylation sites (tertiary alicyclic amines) is 1. The lowest BCUT2D eigenvalue weighted by molar-refractivity contribution is -0.144. The zero-order valence-electron chi connectivity index (χ0n) is 20.3. The molecule has 0 bridgehead atoms. The van der Waals surface area contributed by atoms with Crippen LogP contribution in [0.1, 0.15) is 48.0 Å². The maximum atomic E-state index is 13.3. The van der Waals surface area contributed by atoms with Crippen LogP contribution in [0.3, 0.4) is 0 Å². The highest BCUT2D eigenvalue weighted by atomic mass is 19.3. The molecule has 1 saturated heterocycles. The molecule has 1 aromatic carbocycles. The minimum atomic E-state index is -3.10. The van der Waals surface area contributed by atoms with Gasteiger partial charge in [-0.2, -0.15) is 8.78 Å². The number of alkyl halides is 2. The Balaban J connectivity index is 1.36. The number of benzene rings is 1. The number of hydrogen-bond acceptors (Lipinski definition) is 6. The van der Waals surface area contributed by atoms with Gasteiger partial charge in [0.05, 0.1) is 30.5 Å². The SMILES string of the molecule is COc1cc(-c2cnc3cc(C4(C(=O)N5CC(O)C5)CC4)ccn23)cc(OC(F)F)c1C(=O)CC1CC1. The van der Waals surface area contributed by atoms with E-state index in [0.29, 0.717) is 30.0 Å². The summed E-state index contributed by atoms with van der Waals surface area (Å²) in [4.78, 5) is 32.1. The summed E-state index contributed by atoms with van der Waals surface area (Å²) < 4.78 is 38.6. The van der Waals surface area contributed by atoms with Crippen LogP contribution in [0.4, 0.5) is 8.78 Å². The van der Waals surface area contributed by atoms with Crippen LogP contribution in [-0.4, -0.2) is 64.0 Å². The number of pyridine rings is 1. The lowest BCUT2D eigenvalue weighted by Crippen LogP contribution is -2.56. The number of Topliss-reactive ketones (excluding diaryl/α,β-unsaturated/α-hetero) is 1. The van der Waals surface area contributed by atoms with Crippen LogP contribution in [0.15, 0.2) is 36.7 Å². The molecule has 3 aliphatic rings. The Morgan fingerprint density at radius 3 is 2.54 bits per heavy atom. The Kier molecular flexibility index (Phi) is 5.67. The van der Waals surface area contributed by atoms with Gasteiger partial charge in [-0.25, -0.2) is 4.98 Å². The molecule has 3 heterocycles. The predicted octanol–water partition coefficient (Wildman–Crippen LogP) is 3.83. The van der Waals surface area contributed by atoms with Crippen LogP contribution in [0.5, 0.6) is 11.5 Å². The smallest absolute Gasteiger partial charge is 0.387 e. The van der Waals surface area contributed by atoms with Crippen molar-refractivity contribution in [1.82, 2.24) is 14.3 Å². The summed E-state index contributed by atoms with van der Waals surface area (Å²) >= 11 is 0. The summed E-state index contributed by atoms with van der Waals surface area (Å²) in [5, 5.41) is 9.58. The summed E-state index contributed by atoms with van der Waals surface area (Å²) in [6.45, 7) is -2.38. The largest absolute Gasteiger partial charge is 0.496 e. The number of rotatable bonds is 9. The van der Waals surface area contributed by atoms with Crippen LogP contribution in [0, 0.1) is 5.92 Å². The number of β-amino-alcohol motifs (C(OH)–C–C–N with tert-alkyl or cyclic N) is 1. The van der Waals surface area contributed by atoms with Crippen molar-refractivity contribution >= 4 is 17.3 Å². The molecule has 1 amide bonds. The number of nitrogens with zero attached hydrogens (tertiary/aromatic N) is 3. The highest BCUT2D eigenvalue weighted by Gasteiger charge is 2.54. The zero-order chi connectivity index (χ0) is 25.9. The topological polar surface area (TPSA) is 93.4 Å². The van der Waals surface area contributed by atoms with Crippen molar-refractivity contribution in [3.63, 3.8) is 0 Å². The summed E-state index contributed by atoms with van der Waals surface area (Å²) in [7, 11) is 1.39. The van der Waals surface area contributed by atoms with Crippen molar-refractivity contribution in [2.45, 2.75) is 50.2 Å². The number of ketones is 1. The number of carbonyl (C=O) groups is 2. The Morgan fingerprint density at radius 2 is 1.92 bits per heavy atom. The molecule has 1 N–H and O–H groups in total. The minimum absolute atomic E-state index is 0.0268. The second kappa shape index (κ2) is 8.79. The van der Waals surface area contributed by atoms with Crippen LogP contribution in [-0.2, 0) is 10.2 Å². The number of amides is 1. The van der Waals surface area contributed by atoms with E-state index in [1.807, 2.05) is 12.1 Å². The van der Waals surface area contributed by atoms with Gasteiger partial charge in [0, 0.05) is 31.3 Å². The Labute approximate surface area is 211 Å². The highest BCUT2D eigenvalue weighted by Crippen LogP contribution is 2.50. The van der Waals surface area contributed by atoms with Crippen molar-refractivity contribution in [2.75, 3.05) is 20.2 Å². The fourth-order valence-corrected chi connectivity index (χ4v) is 5.22.